The Bertz CT molecular complexity index is 421. The van der Waals surface area contributed by atoms with Crippen molar-refractivity contribution < 1.29 is 14.6 Å². The highest BCUT2D eigenvalue weighted by atomic mass is 16.5. The van der Waals surface area contributed by atoms with E-state index in [-0.39, 0.29) is 17.9 Å². The van der Waals surface area contributed by atoms with Crippen LogP contribution in [0.5, 0.6) is 0 Å². The normalized spacial score (nSPS) is 24.5. The number of methoxy groups -OCH3 is 1. The summed E-state index contributed by atoms with van der Waals surface area (Å²) in [5.41, 5.74) is 1.00. The number of carbonyl (C=O) groups excluding carboxylic acids is 1. The van der Waals surface area contributed by atoms with Crippen LogP contribution < -0.4 is 0 Å². The third kappa shape index (κ3) is 3.14. The summed E-state index contributed by atoms with van der Waals surface area (Å²) in [5, 5.41) is 9.75. The molecule has 0 aromatic heterocycles. The molecule has 1 fully saturated rings. The predicted octanol–water partition coefficient (Wildman–Crippen LogP) is 1.40. The highest BCUT2D eigenvalue weighted by Crippen LogP contribution is 2.25. The highest BCUT2D eigenvalue weighted by Gasteiger charge is 2.36. The van der Waals surface area contributed by atoms with Gasteiger partial charge in [0.1, 0.15) is 0 Å². The number of benzene rings is 1. The molecule has 1 aromatic carbocycles. The van der Waals surface area contributed by atoms with Gasteiger partial charge in [0, 0.05) is 13.7 Å². The van der Waals surface area contributed by atoms with Gasteiger partial charge in [-0.3, -0.25) is 4.79 Å². The second-order valence-corrected chi connectivity index (χ2v) is 5.12. The van der Waals surface area contributed by atoms with E-state index in [0.29, 0.717) is 19.6 Å². The Morgan fingerprint density at radius 3 is 2.79 bits per heavy atom. The van der Waals surface area contributed by atoms with Gasteiger partial charge in [-0.2, -0.15) is 0 Å². The fourth-order valence-electron chi connectivity index (χ4n) is 2.65. The van der Waals surface area contributed by atoms with E-state index in [4.69, 9.17) is 4.74 Å². The van der Waals surface area contributed by atoms with E-state index < -0.39 is 6.10 Å². The van der Waals surface area contributed by atoms with Gasteiger partial charge in [0.2, 0.25) is 5.91 Å². The average molecular weight is 263 g/mol. The molecule has 1 aliphatic heterocycles. The number of β-amino-alcohol motifs (C(OH)–C–C–N with tert-alkyl or cyclic N) is 1. The maximum Gasteiger partial charge on any atom is 0.230 e. The lowest BCUT2D eigenvalue weighted by atomic mass is 9.99. The van der Waals surface area contributed by atoms with E-state index in [1.165, 1.54) is 0 Å². The van der Waals surface area contributed by atoms with Crippen LogP contribution in [-0.4, -0.2) is 48.3 Å². The molecule has 0 spiro atoms. The first kappa shape index (κ1) is 14.0. The van der Waals surface area contributed by atoms with Gasteiger partial charge in [0.15, 0.2) is 0 Å². The minimum Gasteiger partial charge on any atom is -0.391 e. The first-order valence-electron chi connectivity index (χ1n) is 6.66. The molecular formula is C15H21NO3. The number of rotatable bonds is 4. The smallest absolute Gasteiger partial charge is 0.230 e. The number of likely N-dealkylation sites (tertiary alicyclic amines) is 1. The number of ether oxygens (including phenoxy) is 1. The Labute approximate surface area is 114 Å². The number of amides is 1. The van der Waals surface area contributed by atoms with Crippen molar-refractivity contribution in [3.05, 3.63) is 35.9 Å². The Morgan fingerprint density at radius 2 is 2.16 bits per heavy atom. The van der Waals surface area contributed by atoms with Crippen LogP contribution in [0.2, 0.25) is 0 Å². The summed E-state index contributed by atoms with van der Waals surface area (Å²) in [6.07, 6.45) is 0.160. The lowest BCUT2D eigenvalue weighted by Gasteiger charge is -2.27. The maximum atomic E-state index is 12.5. The molecule has 1 N–H and O–H groups in total. The Morgan fingerprint density at radius 1 is 1.47 bits per heavy atom. The van der Waals surface area contributed by atoms with E-state index in [9.17, 15) is 9.90 Å². The van der Waals surface area contributed by atoms with Gasteiger partial charge < -0.3 is 14.7 Å². The zero-order chi connectivity index (χ0) is 13.8. The van der Waals surface area contributed by atoms with E-state index in [1.807, 2.05) is 37.3 Å². The van der Waals surface area contributed by atoms with Crippen LogP contribution in [-0.2, 0) is 9.53 Å². The van der Waals surface area contributed by atoms with Crippen LogP contribution in [0, 0.1) is 0 Å². The fraction of sp³-hybridized carbons (Fsp3) is 0.533. The second kappa shape index (κ2) is 6.17. The largest absolute Gasteiger partial charge is 0.391 e. The minimum atomic E-state index is -0.438. The van der Waals surface area contributed by atoms with Gasteiger partial charge in [0.25, 0.3) is 0 Å². The predicted molar refractivity (Wildman–Crippen MR) is 72.9 cm³/mol. The molecule has 1 saturated heterocycles. The molecule has 3 atom stereocenters. The van der Waals surface area contributed by atoms with E-state index in [0.717, 1.165) is 5.56 Å². The van der Waals surface area contributed by atoms with E-state index in [2.05, 4.69) is 0 Å². The zero-order valence-electron chi connectivity index (χ0n) is 11.5. The summed E-state index contributed by atoms with van der Waals surface area (Å²) in [4.78, 5) is 14.3. The summed E-state index contributed by atoms with van der Waals surface area (Å²) in [7, 11) is 1.62. The third-order valence-corrected chi connectivity index (χ3v) is 3.70. The fourth-order valence-corrected chi connectivity index (χ4v) is 2.65. The first-order valence-corrected chi connectivity index (χ1v) is 6.66. The first-order chi connectivity index (χ1) is 9.13. The van der Waals surface area contributed by atoms with Crippen molar-refractivity contribution in [3.63, 3.8) is 0 Å². The number of carbonyl (C=O) groups is 1. The molecule has 1 heterocycles. The molecular weight excluding hydrogens is 242 g/mol. The SMILES string of the molecule is COC[C@H]1C[C@@H](O)CN1C(=O)[C@H](C)c1ccccc1. The lowest BCUT2D eigenvalue weighted by molar-refractivity contribution is -0.134. The number of nitrogens with zero attached hydrogens (tertiary/aromatic N) is 1. The summed E-state index contributed by atoms with van der Waals surface area (Å²) in [6, 6.07) is 9.71. The Balaban J connectivity index is 2.10. The molecule has 0 aliphatic carbocycles. The standard InChI is InChI=1S/C15H21NO3/c1-11(12-6-4-3-5-7-12)15(18)16-9-14(17)8-13(16)10-19-2/h3-7,11,13-14,17H,8-10H2,1-2H3/t11-,13-,14-/m1/s1. The molecule has 19 heavy (non-hydrogen) atoms. The van der Waals surface area contributed by atoms with Gasteiger partial charge in [-0.25, -0.2) is 0 Å². The van der Waals surface area contributed by atoms with Crippen LogP contribution in [0.1, 0.15) is 24.8 Å². The maximum absolute atomic E-state index is 12.5. The van der Waals surface area contributed by atoms with Crippen LogP contribution in [0.3, 0.4) is 0 Å². The van der Waals surface area contributed by atoms with E-state index in [1.54, 1.807) is 12.0 Å². The number of aliphatic hydroxyl groups excluding tert-OH is 1. The number of aliphatic hydroxyl groups is 1. The molecule has 104 valence electrons. The molecule has 4 nitrogen and oxygen atoms in total. The van der Waals surface area contributed by atoms with Gasteiger partial charge >= 0.3 is 0 Å². The molecule has 1 amide bonds. The number of hydrogen-bond donors (Lipinski definition) is 1. The van der Waals surface area contributed by atoms with Crippen molar-refractivity contribution in [2.24, 2.45) is 0 Å². The summed E-state index contributed by atoms with van der Waals surface area (Å²) in [6.45, 7) is 2.79. The van der Waals surface area contributed by atoms with Gasteiger partial charge in [0.05, 0.1) is 24.7 Å². The average Bonchev–Trinajstić information content (AvgIpc) is 2.79. The summed E-state index contributed by atoms with van der Waals surface area (Å²) in [5.74, 6) is -0.129. The highest BCUT2D eigenvalue weighted by molar-refractivity contribution is 5.84. The van der Waals surface area contributed by atoms with Crippen molar-refractivity contribution >= 4 is 5.91 Å². The molecule has 0 radical (unpaired) electrons. The van der Waals surface area contributed by atoms with Crippen LogP contribution in [0.25, 0.3) is 0 Å². The number of hydrogen-bond acceptors (Lipinski definition) is 3. The van der Waals surface area contributed by atoms with Gasteiger partial charge in [-0.1, -0.05) is 30.3 Å². The summed E-state index contributed by atoms with van der Waals surface area (Å²) < 4.78 is 5.13. The topological polar surface area (TPSA) is 49.8 Å². The van der Waals surface area contributed by atoms with Crippen LogP contribution in [0.15, 0.2) is 30.3 Å². The molecule has 0 saturated carbocycles. The molecule has 0 bridgehead atoms. The molecule has 1 aliphatic rings. The van der Waals surface area contributed by atoms with Crippen molar-refractivity contribution in [1.82, 2.24) is 4.90 Å². The minimum absolute atomic E-state index is 0.0151. The quantitative estimate of drug-likeness (QED) is 0.893. The van der Waals surface area contributed by atoms with Crippen LogP contribution in [0.4, 0.5) is 0 Å². The monoisotopic (exact) mass is 263 g/mol. The third-order valence-electron chi connectivity index (χ3n) is 3.70. The van der Waals surface area contributed by atoms with Crippen LogP contribution >= 0.6 is 0 Å². The molecule has 0 unspecified atom stereocenters. The lowest BCUT2D eigenvalue weighted by Crippen LogP contribution is -2.40. The van der Waals surface area contributed by atoms with Crippen molar-refractivity contribution in [2.75, 3.05) is 20.3 Å². The second-order valence-electron chi connectivity index (χ2n) is 5.12. The van der Waals surface area contributed by atoms with Gasteiger partial charge in [-0.05, 0) is 18.9 Å². The van der Waals surface area contributed by atoms with Crippen molar-refractivity contribution in [2.45, 2.75) is 31.4 Å². The van der Waals surface area contributed by atoms with Gasteiger partial charge in [-0.15, -0.1) is 0 Å². The van der Waals surface area contributed by atoms with E-state index >= 15 is 0 Å². The molecule has 1 aromatic rings. The van der Waals surface area contributed by atoms with Crippen molar-refractivity contribution in [1.29, 1.82) is 0 Å². The van der Waals surface area contributed by atoms with Crippen molar-refractivity contribution in [3.8, 4) is 0 Å². The molecule has 4 heteroatoms. The molecule has 2 rings (SSSR count). The Hall–Kier alpha value is -1.39. The summed E-state index contributed by atoms with van der Waals surface area (Å²) >= 11 is 0. The zero-order valence-corrected chi connectivity index (χ0v) is 11.5. The Kier molecular flexibility index (Phi) is 4.56.